The molecule has 21 heavy (non-hydrogen) atoms. The van der Waals surface area contributed by atoms with Gasteiger partial charge < -0.3 is 10.6 Å². The van der Waals surface area contributed by atoms with E-state index in [1.807, 2.05) is 19.1 Å². The average Bonchev–Trinajstić information content (AvgIpc) is 2.92. The highest BCUT2D eigenvalue weighted by Crippen LogP contribution is 2.09. The minimum Gasteiger partial charge on any atom is -0.350 e. The molecule has 0 aliphatic rings. The van der Waals surface area contributed by atoms with E-state index in [1.54, 1.807) is 18.3 Å². The molecule has 2 N–H and O–H groups in total. The summed E-state index contributed by atoms with van der Waals surface area (Å²) in [6, 6.07) is 7.36. The lowest BCUT2D eigenvalue weighted by Crippen LogP contribution is -2.27. The van der Waals surface area contributed by atoms with E-state index >= 15 is 0 Å². The Morgan fingerprint density at radius 1 is 1.29 bits per heavy atom. The number of amides is 1. The van der Waals surface area contributed by atoms with Crippen molar-refractivity contribution in [1.29, 1.82) is 0 Å². The first-order chi connectivity index (χ1) is 10.2. The van der Waals surface area contributed by atoms with Gasteiger partial charge in [-0.05, 0) is 24.2 Å². The van der Waals surface area contributed by atoms with Crippen molar-refractivity contribution in [1.82, 2.24) is 25.6 Å². The highest BCUT2D eigenvalue weighted by atomic mass is 35.5. The van der Waals surface area contributed by atoms with E-state index < -0.39 is 0 Å². The molecule has 0 radical (unpaired) electrons. The number of hydrogen-bond donors (Lipinski definition) is 2. The van der Waals surface area contributed by atoms with Crippen LogP contribution in [0.3, 0.4) is 0 Å². The second kappa shape index (κ2) is 7.75. The van der Waals surface area contributed by atoms with Gasteiger partial charge in [-0.15, -0.1) is 5.10 Å². The van der Waals surface area contributed by atoms with Crippen molar-refractivity contribution in [2.24, 2.45) is 0 Å². The number of halogens is 1. The van der Waals surface area contributed by atoms with E-state index in [0.717, 1.165) is 17.8 Å². The molecule has 2 rings (SSSR count). The third-order valence-electron chi connectivity index (χ3n) is 2.85. The zero-order chi connectivity index (χ0) is 15.1. The number of carbonyl (C=O) groups excluding carboxylic acids is 1. The summed E-state index contributed by atoms with van der Waals surface area (Å²) in [6.45, 7) is 4.17. The first kappa shape index (κ1) is 15.5. The average molecular weight is 308 g/mol. The van der Waals surface area contributed by atoms with Crippen LogP contribution in [-0.4, -0.2) is 27.4 Å². The number of aromatic nitrogens is 3. The van der Waals surface area contributed by atoms with E-state index in [-0.39, 0.29) is 12.5 Å². The molecule has 0 bridgehead atoms. The van der Waals surface area contributed by atoms with Crippen LogP contribution in [0.2, 0.25) is 5.02 Å². The van der Waals surface area contributed by atoms with E-state index in [4.69, 9.17) is 11.6 Å². The van der Waals surface area contributed by atoms with Gasteiger partial charge in [-0.25, -0.2) is 4.68 Å². The van der Waals surface area contributed by atoms with Crippen molar-refractivity contribution in [2.75, 3.05) is 6.54 Å². The summed E-state index contributed by atoms with van der Waals surface area (Å²) in [6.07, 6.45) is 1.77. The Morgan fingerprint density at radius 3 is 2.76 bits per heavy atom. The van der Waals surface area contributed by atoms with Crippen LogP contribution in [-0.2, 0) is 24.4 Å². The molecule has 0 saturated heterocycles. The van der Waals surface area contributed by atoms with Crippen molar-refractivity contribution >= 4 is 17.5 Å². The van der Waals surface area contributed by atoms with Gasteiger partial charge in [-0.3, -0.25) is 4.79 Å². The monoisotopic (exact) mass is 307 g/mol. The molecule has 1 heterocycles. The normalized spacial score (nSPS) is 10.6. The molecular formula is C14H18ClN5O. The first-order valence-corrected chi connectivity index (χ1v) is 7.16. The summed E-state index contributed by atoms with van der Waals surface area (Å²) in [5, 5.41) is 14.6. The number of hydrogen-bond acceptors (Lipinski definition) is 4. The maximum Gasteiger partial charge on any atom is 0.242 e. The molecule has 0 aliphatic carbocycles. The molecule has 2 aromatic rings. The van der Waals surface area contributed by atoms with Gasteiger partial charge >= 0.3 is 0 Å². The Balaban J connectivity index is 1.78. The molecule has 0 aliphatic heterocycles. The Bertz CT molecular complexity index is 581. The van der Waals surface area contributed by atoms with Gasteiger partial charge in [0.25, 0.3) is 0 Å². The van der Waals surface area contributed by atoms with Crippen molar-refractivity contribution in [3.63, 3.8) is 0 Å². The fourth-order valence-electron chi connectivity index (χ4n) is 1.76. The van der Waals surface area contributed by atoms with Crippen molar-refractivity contribution in [3.05, 3.63) is 46.7 Å². The number of carbonyl (C=O) groups is 1. The zero-order valence-corrected chi connectivity index (χ0v) is 12.6. The molecule has 6 nitrogen and oxygen atoms in total. The molecule has 112 valence electrons. The predicted molar refractivity (Wildman–Crippen MR) is 80.7 cm³/mol. The summed E-state index contributed by atoms with van der Waals surface area (Å²) < 4.78 is 1.53. The van der Waals surface area contributed by atoms with Crippen LogP contribution in [0, 0.1) is 0 Å². The van der Waals surface area contributed by atoms with E-state index in [0.29, 0.717) is 18.1 Å². The van der Waals surface area contributed by atoms with E-state index in [1.165, 1.54) is 4.68 Å². The van der Waals surface area contributed by atoms with Gasteiger partial charge in [-0.2, -0.15) is 0 Å². The highest BCUT2D eigenvalue weighted by Gasteiger charge is 2.05. The van der Waals surface area contributed by atoms with Gasteiger partial charge in [-0.1, -0.05) is 35.9 Å². The molecular weight excluding hydrogens is 290 g/mol. The van der Waals surface area contributed by atoms with Crippen LogP contribution in [0.5, 0.6) is 0 Å². The Kier molecular flexibility index (Phi) is 5.71. The van der Waals surface area contributed by atoms with Crippen LogP contribution in [0.1, 0.15) is 18.2 Å². The van der Waals surface area contributed by atoms with E-state index in [9.17, 15) is 4.79 Å². The highest BCUT2D eigenvalue weighted by molar-refractivity contribution is 6.30. The molecule has 0 unspecified atom stereocenters. The van der Waals surface area contributed by atoms with Crippen molar-refractivity contribution in [3.8, 4) is 0 Å². The molecule has 0 spiro atoms. The van der Waals surface area contributed by atoms with Gasteiger partial charge in [0, 0.05) is 18.1 Å². The largest absolute Gasteiger partial charge is 0.350 e. The van der Waals surface area contributed by atoms with Crippen LogP contribution >= 0.6 is 11.6 Å². The summed E-state index contributed by atoms with van der Waals surface area (Å²) in [5.41, 5.74) is 1.82. The maximum atomic E-state index is 11.8. The topological polar surface area (TPSA) is 71.8 Å². The summed E-state index contributed by atoms with van der Waals surface area (Å²) in [7, 11) is 0. The van der Waals surface area contributed by atoms with Crippen molar-refractivity contribution in [2.45, 2.75) is 26.6 Å². The first-order valence-electron chi connectivity index (χ1n) is 6.78. The Labute approximate surface area is 128 Å². The SMILES string of the molecule is CCNCc1cn(CC(=O)NCc2ccc(Cl)cc2)nn1. The second-order valence-corrected chi connectivity index (χ2v) is 5.03. The molecule has 1 aromatic carbocycles. The van der Waals surface area contributed by atoms with E-state index in [2.05, 4.69) is 20.9 Å². The van der Waals surface area contributed by atoms with Crippen LogP contribution < -0.4 is 10.6 Å². The van der Waals surface area contributed by atoms with Gasteiger partial charge in [0.2, 0.25) is 5.91 Å². The lowest BCUT2D eigenvalue weighted by atomic mass is 10.2. The quantitative estimate of drug-likeness (QED) is 0.810. The lowest BCUT2D eigenvalue weighted by Gasteiger charge is -2.05. The summed E-state index contributed by atoms with van der Waals surface area (Å²) in [5.74, 6) is -0.107. The number of nitrogens with zero attached hydrogens (tertiary/aromatic N) is 3. The number of benzene rings is 1. The number of nitrogens with one attached hydrogen (secondary N) is 2. The van der Waals surface area contributed by atoms with Crippen molar-refractivity contribution < 1.29 is 4.79 Å². The third-order valence-corrected chi connectivity index (χ3v) is 3.10. The summed E-state index contributed by atoms with van der Waals surface area (Å²) >= 11 is 5.81. The Morgan fingerprint density at radius 2 is 2.05 bits per heavy atom. The Hall–Kier alpha value is -1.92. The minimum absolute atomic E-state index is 0.107. The van der Waals surface area contributed by atoms with Crippen LogP contribution in [0.25, 0.3) is 0 Å². The number of rotatable bonds is 7. The zero-order valence-electron chi connectivity index (χ0n) is 11.8. The fraction of sp³-hybridized carbons (Fsp3) is 0.357. The smallest absolute Gasteiger partial charge is 0.242 e. The lowest BCUT2D eigenvalue weighted by molar-refractivity contribution is -0.122. The van der Waals surface area contributed by atoms with Gasteiger partial charge in [0.05, 0.1) is 11.9 Å². The van der Waals surface area contributed by atoms with Gasteiger partial charge in [0.15, 0.2) is 0 Å². The molecule has 1 aromatic heterocycles. The summed E-state index contributed by atoms with van der Waals surface area (Å²) in [4.78, 5) is 11.8. The molecule has 0 fully saturated rings. The third kappa shape index (κ3) is 5.17. The fourth-order valence-corrected chi connectivity index (χ4v) is 1.88. The standard InChI is InChI=1S/C14H18ClN5O/c1-2-16-8-13-9-20(19-18-13)10-14(21)17-7-11-3-5-12(15)6-4-11/h3-6,9,16H,2,7-8,10H2,1H3,(H,17,21). The predicted octanol–water partition coefficient (Wildman–Crippen LogP) is 1.36. The molecule has 7 heteroatoms. The molecule has 0 saturated carbocycles. The van der Waals surface area contributed by atoms with Crippen LogP contribution in [0.15, 0.2) is 30.5 Å². The minimum atomic E-state index is -0.107. The van der Waals surface area contributed by atoms with Crippen LogP contribution in [0.4, 0.5) is 0 Å². The maximum absolute atomic E-state index is 11.8. The molecule has 0 atom stereocenters. The molecule has 1 amide bonds. The van der Waals surface area contributed by atoms with Gasteiger partial charge in [0.1, 0.15) is 6.54 Å². The second-order valence-electron chi connectivity index (χ2n) is 4.59.